The lowest BCUT2D eigenvalue weighted by molar-refractivity contribution is -0.155. The lowest BCUT2D eigenvalue weighted by Gasteiger charge is -2.31. The first-order valence-corrected chi connectivity index (χ1v) is 14.4. The Morgan fingerprint density at radius 1 is 1.12 bits per heavy atom. The van der Waals surface area contributed by atoms with Gasteiger partial charge in [-0.25, -0.2) is 4.79 Å². The average Bonchev–Trinajstić information content (AvgIpc) is 3.37. The van der Waals surface area contributed by atoms with Crippen molar-refractivity contribution in [3.8, 4) is 0 Å². The van der Waals surface area contributed by atoms with Crippen LogP contribution in [0, 0.1) is 3.57 Å². The van der Waals surface area contributed by atoms with Crippen LogP contribution in [-0.2, 0) is 33.3 Å². The smallest absolute Gasteiger partial charge is 0.338 e. The van der Waals surface area contributed by atoms with Crippen molar-refractivity contribution in [3.05, 3.63) is 45.0 Å². The van der Waals surface area contributed by atoms with Crippen LogP contribution in [0.15, 0.2) is 35.9 Å². The number of amides is 2. The third kappa shape index (κ3) is 9.74. The van der Waals surface area contributed by atoms with E-state index in [1.165, 1.54) is 6.92 Å². The Balaban J connectivity index is 1.63. The van der Waals surface area contributed by atoms with Crippen LogP contribution in [0.5, 0.6) is 0 Å². The quantitative estimate of drug-likeness (QED) is 0.197. The average molecular weight is 689 g/mol. The number of fused-ring (bicyclic) bond motifs is 1. The number of carbonyl (C=O) groups excluding carboxylic acids is 4. The Kier molecular flexibility index (Phi) is 11.7. The van der Waals surface area contributed by atoms with E-state index in [2.05, 4.69) is 33.2 Å². The first-order valence-electron chi connectivity index (χ1n) is 13.3. The highest BCUT2D eigenvalue weighted by Crippen LogP contribution is 2.31. The van der Waals surface area contributed by atoms with E-state index in [0.717, 1.165) is 3.57 Å². The fourth-order valence-electron chi connectivity index (χ4n) is 4.34. The van der Waals surface area contributed by atoms with Gasteiger partial charge in [0.05, 0.1) is 24.3 Å². The maximum Gasteiger partial charge on any atom is 0.338 e. The molecule has 6 atom stereocenters. The predicted molar refractivity (Wildman–Crippen MR) is 153 cm³/mol. The van der Waals surface area contributed by atoms with Gasteiger partial charge in [0.1, 0.15) is 36.7 Å². The summed E-state index contributed by atoms with van der Waals surface area (Å²) in [6.07, 6.45) is -1.78. The molecule has 4 N–H and O–H groups in total. The number of benzene rings is 1. The van der Waals surface area contributed by atoms with Gasteiger partial charge in [0.25, 0.3) is 0 Å². The van der Waals surface area contributed by atoms with Crippen LogP contribution in [0.1, 0.15) is 57.3 Å². The predicted octanol–water partition coefficient (Wildman–Crippen LogP) is 1.35. The molecule has 0 bridgehead atoms. The summed E-state index contributed by atoms with van der Waals surface area (Å²) in [5, 5.41) is 25.1. The molecule has 12 nitrogen and oxygen atoms in total. The Morgan fingerprint density at radius 2 is 1.80 bits per heavy atom. The van der Waals surface area contributed by atoms with E-state index in [1.807, 2.05) is 0 Å². The van der Waals surface area contributed by atoms with Crippen molar-refractivity contribution in [2.24, 2.45) is 0 Å². The molecule has 1 fully saturated rings. The molecular formula is C28H37IN2O10. The van der Waals surface area contributed by atoms with Gasteiger partial charge in [-0.3, -0.25) is 14.4 Å². The molecule has 41 heavy (non-hydrogen) atoms. The molecule has 1 aliphatic heterocycles. The summed E-state index contributed by atoms with van der Waals surface area (Å²) >= 11 is 2.12. The number of aliphatic hydroxyl groups excluding tert-OH is 2. The molecular weight excluding hydrogens is 651 g/mol. The Hall–Kier alpha value is -2.59. The number of aliphatic hydroxyl groups is 2. The number of nitrogens with one attached hydrogen (secondary N) is 2. The van der Waals surface area contributed by atoms with E-state index < -0.39 is 72.5 Å². The zero-order valence-electron chi connectivity index (χ0n) is 23.4. The van der Waals surface area contributed by atoms with Crippen LogP contribution >= 0.6 is 22.6 Å². The van der Waals surface area contributed by atoms with Crippen molar-refractivity contribution in [2.75, 3.05) is 13.4 Å². The SMILES string of the molecule is CC(O)C(NC(=O)C1=CC2OCOC2C(OC(=O)c2ccc(I)cc2)C1)C(=O)NC(CO)CCC(=O)OC(C)(C)C. The third-order valence-corrected chi connectivity index (χ3v) is 7.08. The lowest BCUT2D eigenvalue weighted by atomic mass is 9.91. The molecule has 3 rings (SSSR count). The lowest BCUT2D eigenvalue weighted by Crippen LogP contribution is -2.55. The molecule has 6 unspecified atom stereocenters. The molecule has 1 aliphatic carbocycles. The molecule has 0 radical (unpaired) electrons. The first-order chi connectivity index (χ1) is 19.3. The number of hydrogen-bond acceptors (Lipinski definition) is 10. The summed E-state index contributed by atoms with van der Waals surface area (Å²) in [5.41, 5.74) is -0.130. The molecule has 1 heterocycles. The van der Waals surface area contributed by atoms with Gasteiger partial charge in [0.15, 0.2) is 0 Å². The zero-order valence-corrected chi connectivity index (χ0v) is 25.6. The van der Waals surface area contributed by atoms with Crippen LogP contribution in [0.25, 0.3) is 0 Å². The van der Waals surface area contributed by atoms with Gasteiger partial charge in [0, 0.05) is 22.0 Å². The van der Waals surface area contributed by atoms with Crippen molar-refractivity contribution in [2.45, 2.75) is 89.1 Å². The van der Waals surface area contributed by atoms with Gasteiger partial charge in [-0.2, -0.15) is 0 Å². The molecule has 0 saturated carbocycles. The molecule has 2 amide bonds. The highest BCUT2D eigenvalue weighted by Gasteiger charge is 2.43. The standard InChI is InChI=1S/C28H37IN2O10/c1-15(33)23(26(36)30-19(13-32)9-10-22(34)41-28(2,3)4)31-25(35)17-11-20-24(39-14-38-20)21(12-17)40-27(37)16-5-7-18(29)8-6-16/h5-8,11,15,19-21,23-24,32-33H,9-10,12-14H2,1-4H3,(H,30,36)(H,31,35). The largest absolute Gasteiger partial charge is 0.460 e. The highest BCUT2D eigenvalue weighted by molar-refractivity contribution is 14.1. The van der Waals surface area contributed by atoms with Crippen LogP contribution in [0.4, 0.5) is 0 Å². The number of rotatable bonds is 11. The topological polar surface area (TPSA) is 170 Å². The first kappa shape index (κ1) is 32.9. The second kappa shape index (κ2) is 14.5. The van der Waals surface area contributed by atoms with E-state index in [0.29, 0.717) is 5.56 Å². The Morgan fingerprint density at radius 3 is 2.41 bits per heavy atom. The number of hydrogen-bond donors (Lipinski definition) is 4. The Bertz CT molecular complexity index is 1130. The fraction of sp³-hybridized carbons (Fsp3) is 0.571. The van der Waals surface area contributed by atoms with Gasteiger partial charge >= 0.3 is 11.9 Å². The van der Waals surface area contributed by atoms with Crippen molar-refractivity contribution in [1.29, 1.82) is 0 Å². The minimum Gasteiger partial charge on any atom is -0.460 e. The number of halogens is 1. The van der Waals surface area contributed by atoms with E-state index >= 15 is 0 Å². The van der Waals surface area contributed by atoms with Gasteiger partial charge in [-0.1, -0.05) is 0 Å². The summed E-state index contributed by atoms with van der Waals surface area (Å²) in [6.45, 7) is 6.03. The van der Waals surface area contributed by atoms with Gasteiger partial charge in [0.2, 0.25) is 11.8 Å². The summed E-state index contributed by atoms with van der Waals surface area (Å²) in [6, 6.07) is 4.64. The second-order valence-corrected chi connectivity index (χ2v) is 12.2. The third-order valence-electron chi connectivity index (χ3n) is 6.36. The maximum atomic E-state index is 13.2. The van der Waals surface area contributed by atoms with Crippen molar-refractivity contribution < 1.29 is 48.3 Å². The number of esters is 2. The van der Waals surface area contributed by atoms with Crippen LogP contribution < -0.4 is 10.6 Å². The summed E-state index contributed by atoms with van der Waals surface area (Å²) in [4.78, 5) is 51.0. The van der Waals surface area contributed by atoms with Crippen molar-refractivity contribution in [1.82, 2.24) is 10.6 Å². The zero-order chi connectivity index (χ0) is 30.3. The van der Waals surface area contributed by atoms with E-state index in [1.54, 1.807) is 51.1 Å². The summed E-state index contributed by atoms with van der Waals surface area (Å²) < 4.78 is 23.0. The normalized spacial score (nSPS) is 22.4. The van der Waals surface area contributed by atoms with Gasteiger partial charge in [-0.05, 0) is 87.0 Å². The van der Waals surface area contributed by atoms with Gasteiger partial charge in [-0.15, -0.1) is 0 Å². The monoisotopic (exact) mass is 688 g/mol. The van der Waals surface area contributed by atoms with E-state index in [4.69, 9.17) is 18.9 Å². The van der Waals surface area contributed by atoms with E-state index in [-0.39, 0.29) is 31.6 Å². The molecule has 0 spiro atoms. The fourth-order valence-corrected chi connectivity index (χ4v) is 4.70. The minimum atomic E-state index is -1.37. The minimum absolute atomic E-state index is 0.00420. The summed E-state index contributed by atoms with van der Waals surface area (Å²) in [5.74, 6) is -2.47. The highest BCUT2D eigenvalue weighted by atomic mass is 127. The van der Waals surface area contributed by atoms with Crippen LogP contribution in [0.3, 0.4) is 0 Å². The molecule has 13 heteroatoms. The molecule has 1 saturated heterocycles. The Labute approximate surface area is 252 Å². The van der Waals surface area contributed by atoms with Crippen LogP contribution in [0.2, 0.25) is 0 Å². The molecule has 226 valence electrons. The number of carbonyl (C=O) groups is 4. The molecule has 1 aromatic carbocycles. The molecule has 0 aromatic heterocycles. The van der Waals surface area contributed by atoms with Crippen molar-refractivity contribution >= 4 is 46.3 Å². The molecule has 1 aromatic rings. The number of ether oxygens (including phenoxy) is 4. The maximum absolute atomic E-state index is 13.2. The van der Waals surface area contributed by atoms with Crippen molar-refractivity contribution in [3.63, 3.8) is 0 Å². The van der Waals surface area contributed by atoms with Gasteiger partial charge < -0.3 is 39.8 Å². The summed E-state index contributed by atoms with van der Waals surface area (Å²) in [7, 11) is 0. The van der Waals surface area contributed by atoms with E-state index in [9.17, 15) is 29.4 Å². The van der Waals surface area contributed by atoms with Crippen LogP contribution in [-0.4, -0.2) is 89.5 Å². The second-order valence-electron chi connectivity index (χ2n) is 10.9. The molecule has 2 aliphatic rings.